The molecule has 28 heavy (non-hydrogen) atoms. The van der Waals surface area contributed by atoms with Gasteiger partial charge in [0, 0.05) is 17.5 Å². The van der Waals surface area contributed by atoms with Crippen molar-refractivity contribution in [1.82, 2.24) is 4.98 Å². The number of carbonyl (C=O) groups is 1. The highest BCUT2D eigenvalue weighted by molar-refractivity contribution is 7.09. The van der Waals surface area contributed by atoms with Gasteiger partial charge in [0.25, 0.3) is 0 Å². The highest BCUT2D eigenvalue weighted by Crippen LogP contribution is 2.43. The number of aromatic hydroxyl groups is 1. The molecule has 144 valence electrons. The van der Waals surface area contributed by atoms with Crippen molar-refractivity contribution in [3.05, 3.63) is 67.6 Å². The molecule has 7 nitrogen and oxygen atoms in total. The molecule has 1 aliphatic heterocycles. The van der Waals surface area contributed by atoms with Crippen molar-refractivity contribution < 1.29 is 24.5 Å². The van der Waals surface area contributed by atoms with Crippen molar-refractivity contribution in [1.29, 1.82) is 0 Å². The molecule has 1 aliphatic rings. The van der Waals surface area contributed by atoms with Gasteiger partial charge in [-0.25, -0.2) is 4.79 Å². The molecular formula is C20H17NO6S. The summed E-state index contributed by atoms with van der Waals surface area (Å²) in [5, 5.41) is 19.1. The van der Waals surface area contributed by atoms with Crippen molar-refractivity contribution >= 4 is 17.3 Å². The quantitative estimate of drug-likeness (QED) is 0.615. The molecule has 0 spiro atoms. The van der Waals surface area contributed by atoms with Crippen LogP contribution in [0.4, 0.5) is 0 Å². The Bertz CT molecular complexity index is 1120. The molecule has 8 heteroatoms. The highest BCUT2D eigenvalue weighted by Gasteiger charge is 2.28. The zero-order valence-electron chi connectivity index (χ0n) is 14.9. The third kappa shape index (κ3) is 3.34. The van der Waals surface area contributed by atoms with E-state index in [-0.39, 0.29) is 22.2 Å². The fraction of sp³-hybridized carbons (Fsp3) is 0.200. The minimum atomic E-state index is -0.988. The number of rotatable bonds is 4. The van der Waals surface area contributed by atoms with E-state index in [0.717, 1.165) is 16.9 Å². The van der Waals surface area contributed by atoms with E-state index in [1.165, 1.54) is 6.07 Å². The molecule has 3 N–H and O–H groups in total. The number of carboxylic acid groups (broad SMARTS) is 1. The molecule has 0 unspecified atom stereocenters. The Morgan fingerprint density at radius 1 is 1.29 bits per heavy atom. The lowest BCUT2D eigenvalue weighted by Crippen LogP contribution is -2.14. The van der Waals surface area contributed by atoms with Gasteiger partial charge in [0.15, 0.2) is 0 Å². The lowest BCUT2D eigenvalue weighted by molar-refractivity contribution is 0.0696. The minimum Gasteiger partial charge on any atom is -0.494 e. The standard InChI is InChI=1S/C20H17NO6S/c1-10-8-11(19(23)24)2-5-15(10)27-12-3-4-13-14(6-7-26-16(13)9-12)17-18(22)21-20(25)28-17/h2-5,8-9,14,22H,6-7H2,1H3,(H,21,25)(H,23,24)/t14-/m1/s1. The Balaban J connectivity index is 1.63. The number of nitrogens with one attached hydrogen (secondary N) is 1. The van der Waals surface area contributed by atoms with Gasteiger partial charge in [-0.2, -0.15) is 0 Å². The largest absolute Gasteiger partial charge is 0.494 e. The van der Waals surface area contributed by atoms with Crippen molar-refractivity contribution in [2.45, 2.75) is 19.3 Å². The summed E-state index contributed by atoms with van der Waals surface area (Å²) in [7, 11) is 0. The predicted molar refractivity (Wildman–Crippen MR) is 103 cm³/mol. The van der Waals surface area contributed by atoms with Crippen LogP contribution in [0.2, 0.25) is 0 Å². The first-order valence-corrected chi connectivity index (χ1v) is 9.44. The Kier molecular flexibility index (Phi) is 4.56. The zero-order valence-corrected chi connectivity index (χ0v) is 15.7. The number of hydrogen-bond acceptors (Lipinski definition) is 6. The van der Waals surface area contributed by atoms with Gasteiger partial charge in [-0.3, -0.25) is 9.78 Å². The summed E-state index contributed by atoms with van der Waals surface area (Å²) in [5.41, 5.74) is 1.78. The third-order valence-electron chi connectivity index (χ3n) is 4.65. The van der Waals surface area contributed by atoms with E-state index in [0.29, 0.717) is 40.7 Å². The first-order chi connectivity index (χ1) is 13.4. The molecular weight excluding hydrogens is 382 g/mol. The lowest BCUT2D eigenvalue weighted by atomic mass is 9.92. The van der Waals surface area contributed by atoms with E-state index in [1.54, 1.807) is 31.2 Å². The Labute approximate surface area is 163 Å². The van der Waals surface area contributed by atoms with Crippen LogP contribution in [0.5, 0.6) is 23.1 Å². The zero-order chi connectivity index (χ0) is 19.8. The molecule has 0 bridgehead atoms. The molecule has 0 amide bonds. The maximum Gasteiger partial charge on any atom is 0.335 e. The first-order valence-electron chi connectivity index (χ1n) is 8.63. The van der Waals surface area contributed by atoms with Gasteiger partial charge in [0.1, 0.15) is 17.2 Å². The number of aromatic amines is 1. The Morgan fingerprint density at radius 2 is 2.11 bits per heavy atom. The van der Waals surface area contributed by atoms with Crippen molar-refractivity contribution in [2.75, 3.05) is 6.61 Å². The highest BCUT2D eigenvalue weighted by atomic mass is 32.1. The second kappa shape index (κ2) is 7.05. The SMILES string of the molecule is Cc1cc(C(=O)O)ccc1Oc1ccc2c(c1)OCC[C@H]2c1sc(=O)[nH]c1O. The molecule has 1 aromatic heterocycles. The van der Waals surface area contributed by atoms with Gasteiger partial charge in [-0.15, -0.1) is 0 Å². The second-order valence-corrected chi connectivity index (χ2v) is 7.52. The van der Waals surface area contributed by atoms with E-state index in [4.69, 9.17) is 14.6 Å². The molecule has 0 fully saturated rings. The minimum absolute atomic E-state index is 0.0951. The molecule has 0 radical (unpaired) electrons. The molecule has 0 saturated heterocycles. The number of ether oxygens (including phenoxy) is 2. The van der Waals surface area contributed by atoms with Crippen LogP contribution < -0.4 is 14.3 Å². The van der Waals surface area contributed by atoms with Crippen molar-refractivity contribution in [2.24, 2.45) is 0 Å². The predicted octanol–water partition coefficient (Wildman–Crippen LogP) is 3.86. The van der Waals surface area contributed by atoms with Crippen LogP contribution in [0.3, 0.4) is 0 Å². The molecule has 0 saturated carbocycles. The first kappa shape index (κ1) is 18.1. The van der Waals surface area contributed by atoms with Crippen molar-refractivity contribution in [3.8, 4) is 23.1 Å². The summed E-state index contributed by atoms with van der Waals surface area (Å²) in [6.07, 6.45) is 0.657. The smallest absolute Gasteiger partial charge is 0.335 e. The average Bonchev–Trinajstić information content (AvgIpc) is 3.00. The summed E-state index contributed by atoms with van der Waals surface area (Å²) >= 11 is 1.00. The average molecular weight is 399 g/mol. The number of aromatic nitrogens is 1. The fourth-order valence-electron chi connectivity index (χ4n) is 3.30. The van der Waals surface area contributed by atoms with Crippen LogP contribution in [0.25, 0.3) is 0 Å². The van der Waals surface area contributed by atoms with Gasteiger partial charge >= 0.3 is 10.8 Å². The van der Waals surface area contributed by atoms with Gasteiger partial charge in [-0.1, -0.05) is 17.4 Å². The second-order valence-electron chi connectivity index (χ2n) is 6.50. The molecule has 3 aromatic rings. The van der Waals surface area contributed by atoms with Crippen LogP contribution in [0.1, 0.15) is 38.7 Å². The fourth-order valence-corrected chi connectivity index (χ4v) is 4.18. The molecule has 1 atom stereocenters. The number of fused-ring (bicyclic) bond motifs is 1. The van der Waals surface area contributed by atoms with Gasteiger partial charge in [0.2, 0.25) is 5.88 Å². The van der Waals surface area contributed by atoms with Gasteiger partial charge in [-0.05, 0) is 43.2 Å². The molecule has 0 aliphatic carbocycles. The Hall–Kier alpha value is -3.26. The number of H-pyrrole nitrogens is 1. The van der Waals surface area contributed by atoms with Gasteiger partial charge < -0.3 is 19.7 Å². The van der Waals surface area contributed by atoms with Crippen molar-refractivity contribution in [3.63, 3.8) is 0 Å². The van der Waals surface area contributed by atoms with Crippen LogP contribution in [0.15, 0.2) is 41.2 Å². The number of aromatic carboxylic acids is 1. The summed E-state index contributed by atoms with van der Waals surface area (Å²) < 4.78 is 11.7. The number of carboxylic acids is 1. The normalized spacial score (nSPS) is 15.5. The third-order valence-corrected chi connectivity index (χ3v) is 5.63. The topological polar surface area (TPSA) is 109 Å². The van der Waals surface area contributed by atoms with E-state index >= 15 is 0 Å². The number of aryl methyl sites for hydroxylation is 1. The summed E-state index contributed by atoms with van der Waals surface area (Å²) in [4.78, 5) is 25.3. The lowest BCUT2D eigenvalue weighted by Gasteiger charge is -2.25. The van der Waals surface area contributed by atoms with Gasteiger partial charge in [0.05, 0.1) is 17.0 Å². The number of thiazole rings is 1. The maximum absolute atomic E-state index is 11.5. The summed E-state index contributed by atoms with van der Waals surface area (Å²) in [6.45, 7) is 2.24. The molecule has 4 rings (SSSR count). The Morgan fingerprint density at radius 3 is 2.79 bits per heavy atom. The number of hydrogen-bond donors (Lipinski definition) is 3. The van der Waals surface area contributed by atoms with E-state index in [1.807, 2.05) is 6.07 Å². The van der Waals surface area contributed by atoms with E-state index in [2.05, 4.69) is 4.98 Å². The maximum atomic E-state index is 11.5. The molecule has 2 heterocycles. The van der Waals surface area contributed by atoms with Crippen LogP contribution in [0, 0.1) is 6.92 Å². The molecule has 2 aromatic carbocycles. The number of benzene rings is 2. The van der Waals surface area contributed by atoms with Crippen LogP contribution in [-0.4, -0.2) is 27.8 Å². The van der Waals surface area contributed by atoms with Crippen LogP contribution >= 0.6 is 11.3 Å². The summed E-state index contributed by atoms with van der Waals surface area (Å²) in [5.74, 6) is 0.531. The van der Waals surface area contributed by atoms with E-state index in [9.17, 15) is 14.7 Å². The van der Waals surface area contributed by atoms with E-state index < -0.39 is 5.97 Å². The van der Waals surface area contributed by atoms with Crippen LogP contribution in [-0.2, 0) is 0 Å². The summed E-state index contributed by atoms with van der Waals surface area (Å²) in [6, 6.07) is 10.1. The monoisotopic (exact) mass is 399 g/mol.